The van der Waals surface area contributed by atoms with Crippen LogP contribution in [0.4, 0.5) is 0 Å². The molecule has 1 aromatic carbocycles. The van der Waals surface area contributed by atoms with Gasteiger partial charge < -0.3 is 25.6 Å². The Morgan fingerprint density at radius 3 is 2.61 bits per heavy atom. The van der Waals surface area contributed by atoms with Crippen LogP contribution in [-0.4, -0.2) is 67.1 Å². The predicted octanol–water partition coefficient (Wildman–Crippen LogP) is 2.47. The van der Waals surface area contributed by atoms with Crippen molar-refractivity contribution in [3.8, 4) is 11.8 Å². The first kappa shape index (κ1) is 28.1. The van der Waals surface area contributed by atoms with Crippen molar-refractivity contribution >= 4 is 17.7 Å². The van der Waals surface area contributed by atoms with Crippen LogP contribution < -0.4 is 16.0 Å². The van der Waals surface area contributed by atoms with Gasteiger partial charge in [0.2, 0.25) is 17.7 Å². The summed E-state index contributed by atoms with van der Waals surface area (Å²) in [5, 5.41) is 9.22. The summed E-state index contributed by atoms with van der Waals surface area (Å²) in [5.74, 6) is 5.41. The highest BCUT2D eigenvalue weighted by atomic mass is 16.5. The third kappa shape index (κ3) is 6.39. The van der Waals surface area contributed by atoms with E-state index in [-0.39, 0.29) is 35.8 Å². The van der Waals surface area contributed by atoms with Gasteiger partial charge in [0.05, 0.1) is 18.2 Å². The largest absolute Gasteiger partial charge is 0.363 e. The zero-order valence-electron chi connectivity index (χ0n) is 22.9. The molecule has 0 bridgehead atoms. The number of hydrogen-bond donors (Lipinski definition) is 3. The van der Waals surface area contributed by atoms with E-state index < -0.39 is 18.1 Å². The first-order valence-corrected chi connectivity index (χ1v) is 14.1. The van der Waals surface area contributed by atoms with Gasteiger partial charge in [0, 0.05) is 13.0 Å². The highest BCUT2D eigenvalue weighted by Crippen LogP contribution is 2.34. The number of likely N-dealkylation sites (tertiary alicyclic amines) is 1. The van der Waals surface area contributed by atoms with Gasteiger partial charge in [-0.15, -0.1) is 5.92 Å². The second-order valence-corrected chi connectivity index (χ2v) is 10.7. The van der Waals surface area contributed by atoms with E-state index >= 15 is 0 Å². The molecular formula is C30H42N4O4. The number of likely N-dealkylation sites (N-methyl/N-ethyl adjacent to an activating group) is 1. The Balaban J connectivity index is 1.50. The van der Waals surface area contributed by atoms with Gasteiger partial charge in [-0.25, -0.2) is 0 Å². The fourth-order valence-corrected chi connectivity index (χ4v) is 6.09. The molecule has 8 heteroatoms. The van der Waals surface area contributed by atoms with Gasteiger partial charge in [-0.2, -0.15) is 0 Å². The summed E-state index contributed by atoms with van der Waals surface area (Å²) in [4.78, 5) is 42.2. The molecule has 5 unspecified atom stereocenters. The van der Waals surface area contributed by atoms with Crippen molar-refractivity contribution in [1.29, 1.82) is 0 Å². The van der Waals surface area contributed by atoms with Crippen molar-refractivity contribution in [3.05, 3.63) is 35.4 Å². The molecule has 206 valence electrons. The molecule has 38 heavy (non-hydrogen) atoms. The van der Waals surface area contributed by atoms with E-state index in [1.165, 1.54) is 0 Å². The number of amides is 3. The molecule has 1 saturated heterocycles. The van der Waals surface area contributed by atoms with E-state index in [2.05, 4.69) is 33.9 Å². The first-order chi connectivity index (χ1) is 18.4. The third-order valence-corrected chi connectivity index (χ3v) is 8.38. The average molecular weight is 523 g/mol. The second kappa shape index (κ2) is 13.3. The van der Waals surface area contributed by atoms with Crippen LogP contribution in [0.25, 0.3) is 0 Å². The van der Waals surface area contributed by atoms with Crippen LogP contribution in [0.5, 0.6) is 0 Å². The molecule has 0 radical (unpaired) electrons. The van der Waals surface area contributed by atoms with Gasteiger partial charge in [-0.1, -0.05) is 49.4 Å². The van der Waals surface area contributed by atoms with E-state index in [4.69, 9.17) is 4.74 Å². The number of rotatable bonds is 9. The normalized spacial score (nSPS) is 24.6. The van der Waals surface area contributed by atoms with Gasteiger partial charge in [0.1, 0.15) is 18.7 Å². The first-order valence-electron chi connectivity index (χ1n) is 14.1. The Kier molecular flexibility index (Phi) is 9.81. The second-order valence-electron chi connectivity index (χ2n) is 10.7. The van der Waals surface area contributed by atoms with Crippen LogP contribution in [0.15, 0.2) is 24.3 Å². The van der Waals surface area contributed by atoms with Gasteiger partial charge in [0.15, 0.2) is 0 Å². The van der Waals surface area contributed by atoms with Crippen molar-refractivity contribution in [2.24, 2.45) is 5.92 Å². The van der Waals surface area contributed by atoms with Crippen LogP contribution in [0.3, 0.4) is 0 Å². The maximum atomic E-state index is 14.0. The zero-order chi connectivity index (χ0) is 27.1. The van der Waals surface area contributed by atoms with E-state index in [1.54, 1.807) is 25.8 Å². The van der Waals surface area contributed by atoms with E-state index in [0.717, 1.165) is 49.7 Å². The third-order valence-electron chi connectivity index (χ3n) is 8.38. The topological polar surface area (TPSA) is 99.8 Å². The lowest BCUT2D eigenvalue weighted by molar-refractivity contribution is -0.143. The summed E-state index contributed by atoms with van der Waals surface area (Å²) in [7, 11) is 1.73. The standard InChI is InChI=1S/C30H42N4O4/c1-4-5-18-38-25-19-22-14-9-10-15-23(22)27(25)33-29(36)24-16-11-17-34(24)30(37)26(21-12-7-6-8-13-21)32-28(35)20(2)31-3/h9-10,14-15,20-21,24-27,31H,6-8,11-13,16-19H2,1-3H3,(H,32,35)(H,33,36). The minimum absolute atomic E-state index is 0.0905. The van der Waals surface area contributed by atoms with Crippen LogP contribution in [0.2, 0.25) is 0 Å². The van der Waals surface area contributed by atoms with Crippen molar-refractivity contribution in [2.45, 2.75) is 95.5 Å². The van der Waals surface area contributed by atoms with Crippen molar-refractivity contribution < 1.29 is 19.1 Å². The summed E-state index contributed by atoms with van der Waals surface area (Å²) in [5.41, 5.74) is 2.21. The number of carbonyl (C=O) groups excluding carboxylic acids is 3. The highest BCUT2D eigenvalue weighted by Gasteiger charge is 2.43. The lowest BCUT2D eigenvalue weighted by Gasteiger charge is -2.35. The van der Waals surface area contributed by atoms with Crippen molar-refractivity contribution in [3.63, 3.8) is 0 Å². The number of fused-ring (bicyclic) bond motifs is 1. The summed E-state index contributed by atoms with van der Waals surface area (Å²) in [6.45, 7) is 4.39. The molecule has 1 aromatic rings. The maximum absolute atomic E-state index is 14.0. The van der Waals surface area contributed by atoms with Gasteiger partial charge in [-0.05, 0) is 63.6 Å². The smallest absolute Gasteiger partial charge is 0.246 e. The summed E-state index contributed by atoms with van der Waals surface area (Å²) in [6, 6.07) is 6.21. The number of nitrogens with zero attached hydrogens (tertiary/aromatic N) is 1. The highest BCUT2D eigenvalue weighted by molar-refractivity contribution is 5.93. The number of carbonyl (C=O) groups is 3. The summed E-state index contributed by atoms with van der Waals surface area (Å²) in [6.07, 6.45) is 6.96. The predicted molar refractivity (Wildman–Crippen MR) is 146 cm³/mol. The molecule has 1 saturated carbocycles. The average Bonchev–Trinajstić information content (AvgIpc) is 3.57. The Bertz CT molecular complexity index is 1060. The molecule has 8 nitrogen and oxygen atoms in total. The molecule has 2 fully saturated rings. The molecule has 4 rings (SSSR count). The van der Waals surface area contributed by atoms with Crippen LogP contribution in [0.1, 0.15) is 76.0 Å². The maximum Gasteiger partial charge on any atom is 0.246 e. The van der Waals surface area contributed by atoms with E-state index in [0.29, 0.717) is 26.0 Å². The summed E-state index contributed by atoms with van der Waals surface area (Å²) < 4.78 is 6.05. The minimum Gasteiger partial charge on any atom is -0.363 e. The van der Waals surface area contributed by atoms with Gasteiger partial charge in [0.25, 0.3) is 0 Å². The molecule has 3 aliphatic rings. The number of benzene rings is 1. The SMILES string of the molecule is CC#CCOC1Cc2ccccc2C1NC(=O)C1CCCN1C(=O)C(NC(=O)C(C)NC)C1CCCCC1. The molecular weight excluding hydrogens is 480 g/mol. The van der Waals surface area contributed by atoms with Crippen molar-refractivity contribution in [1.82, 2.24) is 20.9 Å². The lowest BCUT2D eigenvalue weighted by Crippen LogP contribution is -2.58. The molecule has 3 N–H and O–H groups in total. The quantitative estimate of drug-likeness (QED) is 0.433. The van der Waals surface area contributed by atoms with Crippen LogP contribution in [0, 0.1) is 17.8 Å². The number of nitrogens with one attached hydrogen (secondary N) is 3. The Hall–Kier alpha value is -2.89. The molecule has 5 atom stereocenters. The zero-order valence-corrected chi connectivity index (χ0v) is 22.9. The van der Waals surface area contributed by atoms with Crippen LogP contribution in [-0.2, 0) is 25.5 Å². The van der Waals surface area contributed by atoms with E-state index in [1.807, 2.05) is 18.2 Å². The van der Waals surface area contributed by atoms with E-state index in [9.17, 15) is 14.4 Å². The molecule has 1 aliphatic heterocycles. The Labute approximate surface area is 226 Å². The fourth-order valence-electron chi connectivity index (χ4n) is 6.09. The molecule has 1 heterocycles. The molecule has 2 aliphatic carbocycles. The number of ether oxygens (including phenoxy) is 1. The van der Waals surface area contributed by atoms with Crippen molar-refractivity contribution in [2.75, 3.05) is 20.2 Å². The monoisotopic (exact) mass is 522 g/mol. The fraction of sp³-hybridized carbons (Fsp3) is 0.633. The lowest BCUT2D eigenvalue weighted by atomic mass is 9.83. The van der Waals surface area contributed by atoms with Gasteiger partial charge in [-0.3, -0.25) is 14.4 Å². The molecule has 0 aromatic heterocycles. The number of hydrogen-bond acceptors (Lipinski definition) is 5. The Morgan fingerprint density at radius 1 is 1.11 bits per heavy atom. The van der Waals surface area contributed by atoms with Gasteiger partial charge >= 0.3 is 0 Å². The molecule has 0 spiro atoms. The Morgan fingerprint density at radius 2 is 1.87 bits per heavy atom. The summed E-state index contributed by atoms with van der Waals surface area (Å²) >= 11 is 0. The minimum atomic E-state index is -0.608. The molecule has 3 amide bonds. The van der Waals surface area contributed by atoms with Crippen LogP contribution >= 0.6 is 0 Å².